The lowest BCUT2D eigenvalue weighted by molar-refractivity contribution is 0.509. The van der Waals surface area contributed by atoms with Gasteiger partial charge in [0.15, 0.2) is 0 Å². The zero-order valence-electron chi connectivity index (χ0n) is 9.70. The number of hydrazine groups is 1. The fraction of sp³-hybridized carbons (Fsp3) is 0.231. The maximum absolute atomic E-state index is 13.5. The first-order valence-corrected chi connectivity index (χ1v) is 6.82. The number of nitrogens with one attached hydrogen (secondary N) is 1. The Balaban J connectivity index is 2.04. The second-order valence-corrected chi connectivity index (χ2v) is 5.87. The Bertz CT molecular complexity index is 515. The number of hydrogen-bond acceptors (Lipinski definition) is 3. The summed E-state index contributed by atoms with van der Waals surface area (Å²) in [6.45, 7) is 0. The lowest BCUT2D eigenvalue weighted by Gasteiger charge is -2.15. The van der Waals surface area contributed by atoms with Gasteiger partial charge in [-0.15, -0.1) is 11.3 Å². The van der Waals surface area contributed by atoms with E-state index in [0.29, 0.717) is 12.0 Å². The van der Waals surface area contributed by atoms with Crippen molar-refractivity contribution in [2.45, 2.75) is 18.9 Å². The summed E-state index contributed by atoms with van der Waals surface area (Å²) in [5, 5.41) is 0. The largest absolute Gasteiger partial charge is 0.271 e. The fourth-order valence-electron chi connectivity index (χ4n) is 1.82. The first-order valence-electron chi connectivity index (χ1n) is 5.63. The molecule has 2 nitrogen and oxygen atoms in total. The molecule has 1 atom stereocenters. The van der Waals surface area contributed by atoms with E-state index in [4.69, 9.17) is 17.4 Å². The number of benzene rings is 1. The Hall–Kier alpha value is -0.940. The molecule has 0 aliphatic rings. The summed E-state index contributed by atoms with van der Waals surface area (Å²) >= 11 is 7.40. The van der Waals surface area contributed by atoms with Gasteiger partial charge >= 0.3 is 0 Å². The molecule has 0 radical (unpaired) electrons. The molecule has 3 N–H and O–H groups in total. The molecule has 0 amide bonds. The Kier molecular flexibility index (Phi) is 4.72. The monoisotopic (exact) mass is 284 g/mol. The Labute approximate surface area is 115 Å². The molecule has 1 unspecified atom stereocenters. The molecule has 0 aliphatic heterocycles. The van der Waals surface area contributed by atoms with Crippen molar-refractivity contribution in [3.63, 3.8) is 0 Å². The molecule has 0 fully saturated rings. The summed E-state index contributed by atoms with van der Waals surface area (Å²) in [4.78, 5) is 1.14. The lowest BCUT2D eigenvalue weighted by atomic mass is 10.0. The highest BCUT2D eigenvalue weighted by atomic mass is 35.5. The first kappa shape index (κ1) is 13.5. The SMILES string of the molecule is NNC(Cc1ccc(Cl)s1)Cc1ccccc1F. The predicted octanol–water partition coefficient (Wildman–Crippen LogP) is 3.16. The van der Waals surface area contributed by atoms with E-state index in [-0.39, 0.29) is 11.9 Å². The third kappa shape index (κ3) is 3.53. The van der Waals surface area contributed by atoms with Crippen LogP contribution < -0.4 is 11.3 Å². The Morgan fingerprint density at radius 3 is 2.61 bits per heavy atom. The summed E-state index contributed by atoms with van der Waals surface area (Å²) in [7, 11) is 0. The number of rotatable bonds is 5. The molecule has 2 aromatic rings. The van der Waals surface area contributed by atoms with E-state index in [1.165, 1.54) is 17.4 Å². The molecule has 1 heterocycles. The van der Waals surface area contributed by atoms with Crippen LogP contribution in [-0.2, 0) is 12.8 Å². The molecular weight excluding hydrogens is 271 g/mol. The smallest absolute Gasteiger partial charge is 0.126 e. The topological polar surface area (TPSA) is 38.0 Å². The number of thiophene rings is 1. The average Bonchev–Trinajstić information content (AvgIpc) is 2.76. The normalized spacial score (nSPS) is 12.6. The van der Waals surface area contributed by atoms with Gasteiger partial charge in [-0.1, -0.05) is 29.8 Å². The van der Waals surface area contributed by atoms with Crippen molar-refractivity contribution < 1.29 is 4.39 Å². The van der Waals surface area contributed by atoms with Crippen LogP contribution in [0.4, 0.5) is 4.39 Å². The van der Waals surface area contributed by atoms with Crippen molar-refractivity contribution in [2.75, 3.05) is 0 Å². The van der Waals surface area contributed by atoms with Crippen LogP contribution in [0.1, 0.15) is 10.4 Å². The lowest BCUT2D eigenvalue weighted by Crippen LogP contribution is -2.38. The highest BCUT2D eigenvalue weighted by Gasteiger charge is 2.12. The highest BCUT2D eigenvalue weighted by molar-refractivity contribution is 7.16. The van der Waals surface area contributed by atoms with Gasteiger partial charge < -0.3 is 0 Å². The molecule has 96 valence electrons. The van der Waals surface area contributed by atoms with Crippen molar-refractivity contribution in [3.05, 3.63) is 57.0 Å². The van der Waals surface area contributed by atoms with Crippen LogP contribution in [0.2, 0.25) is 4.34 Å². The van der Waals surface area contributed by atoms with Gasteiger partial charge in [0, 0.05) is 10.9 Å². The zero-order valence-corrected chi connectivity index (χ0v) is 11.3. The van der Waals surface area contributed by atoms with Crippen molar-refractivity contribution in [1.82, 2.24) is 5.43 Å². The zero-order chi connectivity index (χ0) is 13.0. The quantitative estimate of drug-likeness (QED) is 0.654. The van der Waals surface area contributed by atoms with E-state index in [2.05, 4.69) is 5.43 Å². The van der Waals surface area contributed by atoms with E-state index in [1.807, 2.05) is 18.2 Å². The molecule has 1 aromatic heterocycles. The average molecular weight is 285 g/mol. The Morgan fingerprint density at radius 1 is 1.22 bits per heavy atom. The number of halogens is 2. The molecule has 0 spiro atoms. The van der Waals surface area contributed by atoms with Gasteiger partial charge in [-0.2, -0.15) is 0 Å². The van der Waals surface area contributed by atoms with Crippen LogP contribution in [0, 0.1) is 5.82 Å². The molecule has 0 saturated heterocycles. The van der Waals surface area contributed by atoms with Crippen LogP contribution in [0.3, 0.4) is 0 Å². The maximum atomic E-state index is 13.5. The van der Waals surface area contributed by atoms with Gasteiger partial charge in [0.25, 0.3) is 0 Å². The third-order valence-electron chi connectivity index (χ3n) is 2.74. The van der Waals surface area contributed by atoms with Crippen molar-refractivity contribution in [1.29, 1.82) is 0 Å². The molecular formula is C13H14ClFN2S. The molecule has 2 rings (SSSR count). The second kappa shape index (κ2) is 6.29. The van der Waals surface area contributed by atoms with Gasteiger partial charge in [-0.3, -0.25) is 11.3 Å². The van der Waals surface area contributed by atoms with Gasteiger partial charge in [0.05, 0.1) is 4.34 Å². The summed E-state index contributed by atoms with van der Waals surface area (Å²) in [6, 6.07) is 10.6. The second-order valence-electron chi connectivity index (χ2n) is 4.07. The van der Waals surface area contributed by atoms with E-state index >= 15 is 0 Å². The summed E-state index contributed by atoms with van der Waals surface area (Å²) < 4.78 is 14.3. The van der Waals surface area contributed by atoms with Gasteiger partial charge in [0.1, 0.15) is 5.82 Å². The molecule has 0 saturated carbocycles. The van der Waals surface area contributed by atoms with Crippen molar-refractivity contribution >= 4 is 22.9 Å². The first-order chi connectivity index (χ1) is 8.69. The molecule has 0 aliphatic carbocycles. The van der Waals surface area contributed by atoms with Crippen LogP contribution >= 0.6 is 22.9 Å². The predicted molar refractivity (Wildman–Crippen MR) is 74.2 cm³/mol. The van der Waals surface area contributed by atoms with E-state index in [0.717, 1.165) is 15.6 Å². The minimum atomic E-state index is -0.193. The molecule has 5 heteroatoms. The summed E-state index contributed by atoms with van der Waals surface area (Å²) in [5.41, 5.74) is 3.40. The molecule has 0 bridgehead atoms. The maximum Gasteiger partial charge on any atom is 0.126 e. The summed E-state index contributed by atoms with van der Waals surface area (Å²) in [5.74, 6) is 5.33. The van der Waals surface area contributed by atoms with E-state index < -0.39 is 0 Å². The van der Waals surface area contributed by atoms with Gasteiger partial charge in [0.2, 0.25) is 0 Å². The minimum absolute atomic E-state index is 0.00313. The third-order valence-corrected chi connectivity index (χ3v) is 3.99. The standard InChI is InChI=1S/C13H14ClFN2S/c14-13-6-5-11(18-13)8-10(17-16)7-9-3-1-2-4-12(9)15/h1-6,10,17H,7-8,16H2. The highest BCUT2D eigenvalue weighted by Crippen LogP contribution is 2.23. The molecule has 18 heavy (non-hydrogen) atoms. The van der Waals surface area contributed by atoms with Crippen LogP contribution in [-0.4, -0.2) is 6.04 Å². The Morgan fingerprint density at radius 2 is 2.00 bits per heavy atom. The molecule has 1 aromatic carbocycles. The number of nitrogens with two attached hydrogens (primary N) is 1. The van der Waals surface area contributed by atoms with E-state index in [9.17, 15) is 4.39 Å². The van der Waals surface area contributed by atoms with E-state index in [1.54, 1.807) is 12.1 Å². The van der Waals surface area contributed by atoms with Crippen LogP contribution in [0.15, 0.2) is 36.4 Å². The van der Waals surface area contributed by atoms with Gasteiger partial charge in [-0.25, -0.2) is 4.39 Å². The van der Waals surface area contributed by atoms with Crippen molar-refractivity contribution in [2.24, 2.45) is 5.84 Å². The van der Waals surface area contributed by atoms with Crippen LogP contribution in [0.25, 0.3) is 0 Å². The summed E-state index contributed by atoms with van der Waals surface area (Å²) in [6.07, 6.45) is 1.29. The van der Waals surface area contributed by atoms with Crippen LogP contribution in [0.5, 0.6) is 0 Å². The van der Waals surface area contributed by atoms with Gasteiger partial charge in [-0.05, 0) is 36.6 Å². The minimum Gasteiger partial charge on any atom is -0.271 e. The fourth-order valence-corrected chi connectivity index (χ4v) is 2.99. The van der Waals surface area contributed by atoms with Crippen molar-refractivity contribution in [3.8, 4) is 0 Å². The number of hydrogen-bond donors (Lipinski definition) is 2.